The Hall–Kier alpha value is -1.38. The average Bonchev–Trinajstić information content (AvgIpc) is 2.56. The second kappa shape index (κ2) is 12.1. The standard InChI is InChI=1S/C16H27N3O3.HI/c1-6-10-18-16(17-7-2)19-11-12-8-9-13(20-3)15(22-5)14(12)21-4;/h8-9H,6-7,10-11H2,1-5H3,(H2,17,18,19);1H. The van der Waals surface area contributed by atoms with Gasteiger partial charge in [0.2, 0.25) is 5.75 Å². The maximum absolute atomic E-state index is 5.47. The molecule has 0 aromatic heterocycles. The van der Waals surface area contributed by atoms with Gasteiger partial charge in [-0.1, -0.05) is 6.92 Å². The number of nitrogens with zero attached hydrogens (tertiary/aromatic N) is 1. The Morgan fingerprint density at radius 1 is 1.00 bits per heavy atom. The van der Waals surface area contributed by atoms with Crippen LogP contribution in [-0.4, -0.2) is 40.4 Å². The summed E-state index contributed by atoms with van der Waals surface area (Å²) in [6.45, 7) is 6.35. The Bertz CT molecular complexity index is 496. The quantitative estimate of drug-likeness (QED) is 0.372. The molecule has 0 bridgehead atoms. The number of hydrogen-bond acceptors (Lipinski definition) is 4. The largest absolute Gasteiger partial charge is 0.493 e. The van der Waals surface area contributed by atoms with Gasteiger partial charge in [0.1, 0.15) is 0 Å². The molecule has 0 saturated carbocycles. The molecule has 0 fully saturated rings. The van der Waals surface area contributed by atoms with Crippen molar-refractivity contribution in [1.82, 2.24) is 10.6 Å². The Labute approximate surface area is 156 Å². The lowest BCUT2D eigenvalue weighted by atomic mass is 10.1. The summed E-state index contributed by atoms with van der Waals surface area (Å²) in [6.07, 6.45) is 1.05. The van der Waals surface area contributed by atoms with Gasteiger partial charge in [0.25, 0.3) is 0 Å². The molecule has 0 heterocycles. The van der Waals surface area contributed by atoms with Gasteiger partial charge in [-0.2, -0.15) is 0 Å². The van der Waals surface area contributed by atoms with E-state index in [0.717, 1.165) is 31.0 Å². The number of benzene rings is 1. The van der Waals surface area contributed by atoms with Gasteiger partial charge < -0.3 is 24.8 Å². The van der Waals surface area contributed by atoms with Crippen LogP contribution in [0.1, 0.15) is 25.8 Å². The van der Waals surface area contributed by atoms with Crippen molar-refractivity contribution in [3.63, 3.8) is 0 Å². The molecule has 2 N–H and O–H groups in total. The van der Waals surface area contributed by atoms with Crippen LogP contribution in [0.5, 0.6) is 17.2 Å². The maximum atomic E-state index is 5.47. The average molecular weight is 437 g/mol. The summed E-state index contributed by atoms with van der Waals surface area (Å²) in [4.78, 5) is 4.58. The van der Waals surface area contributed by atoms with Crippen LogP contribution in [0.3, 0.4) is 0 Å². The molecule has 0 aliphatic heterocycles. The first-order valence-corrected chi connectivity index (χ1v) is 7.51. The zero-order valence-electron chi connectivity index (χ0n) is 14.6. The Balaban J connectivity index is 0.00000484. The van der Waals surface area contributed by atoms with Gasteiger partial charge in [-0.3, -0.25) is 0 Å². The highest BCUT2D eigenvalue weighted by Gasteiger charge is 2.15. The van der Waals surface area contributed by atoms with Crippen molar-refractivity contribution in [1.29, 1.82) is 0 Å². The fraction of sp³-hybridized carbons (Fsp3) is 0.562. The molecular weight excluding hydrogens is 409 g/mol. The van der Waals surface area contributed by atoms with Gasteiger partial charge in [-0.15, -0.1) is 24.0 Å². The van der Waals surface area contributed by atoms with Crippen LogP contribution in [0.4, 0.5) is 0 Å². The summed E-state index contributed by atoms with van der Waals surface area (Å²) in [5.74, 6) is 2.67. The third-order valence-electron chi connectivity index (χ3n) is 3.08. The van der Waals surface area contributed by atoms with Crippen LogP contribution in [0, 0.1) is 0 Å². The number of ether oxygens (including phenoxy) is 3. The van der Waals surface area contributed by atoms with Gasteiger partial charge in [0.15, 0.2) is 17.5 Å². The van der Waals surface area contributed by atoms with Crippen LogP contribution in [-0.2, 0) is 6.54 Å². The molecule has 23 heavy (non-hydrogen) atoms. The topological polar surface area (TPSA) is 64.1 Å². The van der Waals surface area contributed by atoms with E-state index in [-0.39, 0.29) is 24.0 Å². The number of hydrogen-bond donors (Lipinski definition) is 2. The summed E-state index contributed by atoms with van der Waals surface area (Å²) < 4.78 is 16.1. The predicted octanol–water partition coefficient (Wildman–Crippen LogP) is 2.80. The van der Waals surface area contributed by atoms with E-state index in [1.807, 2.05) is 19.1 Å². The van der Waals surface area contributed by atoms with Crippen molar-refractivity contribution in [3.05, 3.63) is 17.7 Å². The van der Waals surface area contributed by atoms with Crippen molar-refractivity contribution in [2.45, 2.75) is 26.8 Å². The van der Waals surface area contributed by atoms with Gasteiger partial charge in [-0.25, -0.2) is 4.99 Å². The summed E-state index contributed by atoms with van der Waals surface area (Å²) in [7, 11) is 4.82. The molecule has 1 rings (SSSR count). The molecule has 0 aliphatic carbocycles. The van der Waals surface area contributed by atoms with Gasteiger partial charge in [0.05, 0.1) is 27.9 Å². The fourth-order valence-electron chi connectivity index (χ4n) is 2.04. The second-order valence-electron chi connectivity index (χ2n) is 4.62. The highest BCUT2D eigenvalue weighted by molar-refractivity contribution is 14.0. The van der Waals surface area contributed by atoms with E-state index in [0.29, 0.717) is 23.8 Å². The highest BCUT2D eigenvalue weighted by atomic mass is 127. The fourth-order valence-corrected chi connectivity index (χ4v) is 2.04. The minimum Gasteiger partial charge on any atom is -0.493 e. The molecule has 1 aromatic carbocycles. The van der Waals surface area contributed by atoms with Gasteiger partial charge in [-0.05, 0) is 25.5 Å². The number of aliphatic imine (C=N–C) groups is 1. The number of guanidine groups is 1. The van der Waals surface area contributed by atoms with Crippen molar-refractivity contribution < 1.29 is 14.2 Å². The second-order valence-corrected chi connectivity index (χ2v) is 4.62. The molecule has 6 nitrogen and oxygen atoms in total. The zero-order valence-corrected chi connectivity index (χ0v) is 16.9. The lowest BCUT2D eigenvalue weighted by molar-refractivity contribution is 0.322. The molecule has 0 radical (unpaired) electrons. The summed E-state index contributed by atoms with van der Waals surface area (Å²) in [5.41, 5.74) is 0.939. The van der Waals surface area contributed by atoms with Crippen LogP contribution in [0.25, 0.3) is 0 Å². The molecule has 0 spiro atoms. The molecule has 0 amide bonds. The lowest BCUT2D eigenvalue weighted by Crippen LogP contribution is -2.37. The van der Waals surface area contributed by atoms with E-state index in [2.05, 4.69) is 22.5 Å². The monoisotopic (exact) mass is 437 g/mol. The van der Waals surface area contributed by atoms with E-state index in [9.17, 15) is 0 Å². The molecule has 0 atom stereocenters. The number of methoxy groups -OCH3 is 3. The third-order valence-corrected chi connectivity index (χ3v) is 3.08. The highest BCUT2D eigenvalue weighted by Crippen LogP contribution is 2.39. The van der Waals surface area contributed by atoms with Crippen molar-refractivity contribution in [3.8, 4) is 17.2 Å². The first kappa shape index (κ1) is 21.6. The first-order chi connectivity index (χ1) is 10.7. The van der Waals surface area contributed by atoms with Crippen LogP contribution >= 0.6 is 24.0 Å². The summed E-state index contributed by atoms with van der Waals surface area (Å²) >= 11 is 0. The maximum Gasteiger partial charge on any atom is 0.203 e. The molecule has 1 aromatic rings. The van der Waals surface area contributed by atoms with Crippen molar-refractivity contribution in [2.24, 2.45) is 4.99 Å². The number of nitrogens with one attached hydrogen (secondary N) is 2. The Kier molecular flexibility index (Phi) is 11.4. The lowest BCUT2D eigenvalue weighted by Gasteiger charge is -2.15. The molecular formula is C16H28IN3O3. The molecule has 0 aliphatic rings. The normalized spacial score (nSPS) is 10.6. The van der Waals surface area contributed by atoms with Crippen LogP contribution < -0.4 is 24.8 Å². The van der Waals surface area contributed by atoms with Crippen LogP contribution in [0.15, 0.2) is 17.1 Å². The molecule has 0 saturated heterocycles. The van der Waals surface area contributed by atoms with Gasteiger partial charge in [0, 0.05) is 18.7 Å². The number of rotatable bonds is 8. The number of halogens is 1. The smallest absolute Gasteiger partial charge is 0.203 e. The minimum atomic E-state index is 0. The zero-order chi connectivity index (χ0) is 16.4. The van der Waals surface area contributed by atoms with Crippen molar-refractivity contribution >= 4 is 29.9 Å². The SMILES string of the molecule is CCCNC(=NCc1ccc(OC)c(OC)c1OC)NCC.I. The van der Waals surface area contributed by atoms with E-state index < -0.39 is 0 Å². The summed E-state index contributed by atoms with van der Waals surface area (Å²) in [5, 5.41) is 6.49. The minimum absolute atomic E-state index is 0. The van der Waals surface area contributed by atoms with Crippen LogP contribution in [0.2, 0.25) is 0 Å². The first-order valence-electron chi connectivity index (χ1n) is 7.51. The third kappa shape index (κ3) is 6.32. The Morgan fingerprint density at radius 2 is 1.70 bits per heavy atom. The molecule has 7 heteroatoms. The Morgan fingerprint density at radius 3 is 2.22 bits per heavy atom. The molecule has 0 unspecified atom stereocenters. The summed E-state index contributed by atoms with van der Waals surface area (Å²) in [6, 6.07) is 3.80. The van der Waals surface area contributed by atoms with E-state index in [1.165, 1.54) is 0 Å². The van der Waals surface area contributed by atoms with E-state index in [4.69, 9.17) is 14.2 Å². The van der Waals surface area contributed by atoms with Gasteiger partial charge >= 0.3 is 0 Å². The van der Waals surface area contributed by atoms with E-state index in [1.54, 1.807) is 21.3 Å². The van der Waals surface area contributed by atoms with E-state index >= 15 is 0 Å². The van der Waals surface area contributed by atoms with Crippen molar-refractivity contribution in [2.75, 3.05) is 34.4 Å². The predicted molar refractivity (Wildman–Crippen MR) is 105 cm³/mol. The molecule has 132 valence electrons.